The van der Waals surface area contributed by atoms with E-state index in [9.17, 15) is 9.59 Å². The number of fused-ring (bicyclic) bond motifs is 2. The topological polar surface area (TPSA) is 86.6 Å². The Morgan fingerprint density at radius 1 is 1.16 bits per heavy atom. The number of likely N-dealkylation sites (tertiary alicyclic amines) is 1. The molecule has 1 aliphatic rings. The van der Waals surface area contributed by atoms with Crippen molar-refractivity contribution in [2.45, 2.75) is 25.5 Å². The minimum atomic E-state index is -0.199. The van der Waals surface area contributed by atoms with E-state index in [4.69, 9.17) is 9.47 Å². The van der Waals surface area contributed by atoms with Crippen molar-refractivity contribution in [3.8, 4) is 10.9 Å². The van der Waals surface area contributed by atoms with Gasteiger partial charge in [-0.05, 0) is 30.3 Å². The Morgan fingerprint density at radius 3 is 2.78 bits per heavy atom. The average molecular weight is 451 g/mol. The van der Waals surface area contributed by atoms with Gasteiger partial charge in [-0.3, -0.25) is 14.2 Å². The minimum Gasteiger partial charge on any atom is -0.497 e. The number of thiazole rings is 1. The van der Waals surface area contributed by atoms with Crippen molar-refractivity contribution < 1.29 is 14.3 Å². The molecule has 0 bridgehead atoms. The lowest BCUT2D eigenvalue weighted by Crippen LogP contribution is -2.44. The van der Waals surface area contributed by atoms with Gasteiger partial charge in [0.15, 0.2) is 0 Å². The van der Waals surface area contributed by atoms with Crippen LogP contribution in [0.5, 0.6) is 10.9 Å². The molecule has 0 radical (unpaired) electrons. The second kappa shape index (κ2) is 8.58. The first kappa shape index (κ1) is 20.4. The van der Waals surface area contributed by atoms with Gasteiger partial charge in [0.1, 0.15) is 18.4 Å². The monoisotopic (exact) mass is 450 g/mol. The zero-order chi connectivity index (χ0) is 22.1. The first-order valence-electron chi connectivity index (χ1n) is 10.4. The quantitative estimate of drug-likeness (QED) is 0.464. The Labute approximate surface area is 188 Å². The molecule has 1 saturated heterocycles. The highest BCUT2D eigenvalue weighted by atomic mass is 32.1. The summed E-state index contributed by atoms with van der Waals surface area (Å²) in [6.45, 7) is 1.15. The summed E-state index contributed by atoms with van der Waals surface area (Å²) >= 11 is 1.49. The molecule has 9 heteroatoms. The Morgan fingerprint density at radius 2 is 1.97 bits per heavy atom. The molecule has 0 saturated carbocycles. The number of para-hydroxylation sites is 1. The summed E-state index contributed by atoms with van der Waals surface area (Å²) in [5.41, 5.74) is 1.31. The highest BCUT2D eigenvalue weighted by Gasteiger charge is 2.25. The fraction of sp³-hybridized carbons (Fsp3) is 0.304. The van der Waals surface area contributed by atoms with E-state index in [1.54, 1.807) is 30.2 Å². The van der Waals surface area contributed by atoms with Gasteiger partial charge in [-0.25, -0.2) is 9.97 Å². The number of aromatic nitrogens is 3. The van der Waals surface area contributed by atoms with Crippen LogP contribution in [0.15, 0.2) is 53.6 Å². The molecule has 0 unspecified atom stereocenters. The molecule has 2 aromatic heterocycles. The van der Waals surface area contributed by atoms with Crippen LogP contribution < -0.4 is 15.0 Å². The number of hydrogen-bond acceptors (Lipinski definition) is 7. The van der Waals surface area contributed by atoms with Crippen LogP contribution in [0, 0.1) is 0 Å². The molecule has 2 aromatic carbocycles. The van der Waals surface area contributed by atoms with Gasteiger partial charge in [0.25, 0.3) is 10.8 Å². The SMILES string of the molecule is COc1ccc2nc(OC3CCN(C(=O)Cn4cnc5ccccc5c4=O)CC3)sc2c1. The van der Waals surface area contributed by atoms with Crippen LogP contribution in [0.1, 0.15) is 12.8 Å². The van der Waals surface area contributed by atoms with E-state index in [1.807, 2.05) is 24.3 Å². The van der Waals surface area contributed by atoms with E-state index in [-0.39, 0.29) is 24.1 Å². The number of hydrogen-bond donors (Lipinski definition) is 0. The number of amides is 1. The Bertz CT molecular complexity index is 1340. The third kappa shape index (κ3) is 4.03. The van der Waals surface area contributed by atoms with E-state index in [0.29, 0.717) is 29.2 Å². The molecule has 0 aliphatic carbocycles. The molecule has 3 heterocycles. The molecular formula is C23H22N4O4S. The van der Waals surface area contributed by atoms with E-state index in [0.717, 1.165) is 28.8 Å². The highest BCUT2D eigenvalue weighted by Crippen LogP contribution is 2.32. The molecule has 0 atom stereocenters. The van der Waals surface area contributed by atoms with Crippen molar-refractivity contribution in [1.29, 1.82) is 0 Å². The van der Waals surface area contributed by atoms with Crippen molar-refractivity contribution >= 4 is 38.4 Å². The van der Waals surface area contributed by atoms with Crippen LogP contribution in [0.25, 0.3) is 21.1 Å². The molecule has 1 aliphatic heterocycles. The van der Waals surface area contributed by atoms with E-state index in [2.05, 4.69) is 9.97 Å². The van der Waals surface area contributed by atoms with Crippen molar-refractivity contribution in [3.05, 3.63) is 59.1 Å². The predicted molar refractivity (Wildman–Crippen MR) is 122 cm³/mol. The van der Waals surface area contributed by atoms with Gasteiger partial charge < -0.3 is 14.4 Å². The molecule has 32 heavy (non-hydrogen) atoms. The summed E-state index contributed by atoms with van der Waals surface area (Å²) in [6.07, 6.45) is 2.89. The summed E-state index contributed by atoms with van der Waals surface area (Å²) in [5.74, 6) is 0.704. The third-order valence-electron chi connectivity index (χ3n) is 5.68. The fourth-order valence-corrected chi connectivity index (χ4v) is 4.80. The first-order chi connectivity index (χ1) is 15.6. The third-order valence-corrected chi connectivity index (χ3v) is 6.58. The first-order valence-corrected chi connectivity index (χ1v) is 11.3. The zero-order valence-corrected chi connectivity index (χ0v) is 18.4. The van der Waals surface area contributed by atoms with Crippen molar-refractivity contribution in [3.63, 3.8) is 0 Å². The van der Waals surface area contributed by atoms with Gasteiger partial charge in [-0.1, -0.05) is 23.5 Å². The van der Waals surface area contributed by atoms with Crippen molar-refractivity contribution in [1.82, 2.24) is 19.4 Å². The molecule has 1 fully saturated rings. The molecule has 0 spiro atoms. The number of benzene rings is 2. The lowest BCUT2D eigenvalue weighted by atomic mass is 10.1. The van der Waals surface area contributed by atoms with Crippen LogP contribution in [-0.2, 0) is 11.3 Å². The normalized spacial score (nSPS) is 14.7. The molecular weight excluding hydrogens is 428 g/mol. The number of carbonyl (C=O) groups is 1. The minimum absolute atomic E-state index is 0.00608. The van der Waals surface area contributed by atoms with Crippen LogP contribution in [0.3, 0.4) is 0 Å². The van der Waals surface area contributed by atoms with Gasteiger partial charge in [0.05, 0.1) is 34.6 Å². The molecule has 5 rings (SSSR count). The van der Waals surface area contributed by atoms with Crippen molar-refractivity contribution in [2.24, 2.45) is 0 Å². The number of methoxy groups -OCH3 is 1. The van der Waals surface area contributed by atoms with E-state index < -0.39 is 0 Å². The zero-order valence-electron chi connectivity index (χ0n) is 17.6. The van der Waals surface area contributed by atoms with E-state index >= 15 is 0 Å². The standard InChI is InChI=1S/C23H22N4O4S/c1-30-16-6-7-19-20(12-16)32-23(25-19)31-15-8-10-26(11-9-15)21(28)13-27-14-24-18-5-3-2-4-17(18)22(27)29/h2-7,12,14-15H,8-11,13H2,1H3. The van der Waals surface area contributed by atoms with E-state index in [1.165, 1.54) is 22.2 Å². The largest absolute Gasteiger partial charge is 0.497 e. The predicted octanol–water partition coefficient (Wildman–Crippen LogP) is 3.08. The Kier molecular flexibility index (Phi) is 5.48. The number of ether oxygens (including phenoxy) is 2. The average Bonchev–Trinajstić information content (AvgIpc) is 3.22. The van der Waals surface area contributed by atoms with Gasteiger partial charge in [-0.15, -0.1) is 0 Å². The van der Waals surface area contributed by atoms with Crippen molar-refractivity contribution in [2.75, 3.05) is 20.2 Å². The molecule has 164 valence electrons. The summed E-state index contributed by atoms with van der Waals surface area (Å²) < 4.78 is 13.7. The second-order valence-electron chi connectivity index (χ2n) is 7.71. The maximum Gasteiger partial charge on any atom is 0.274 e. The van der Waals surface area contributed by atoms with Gasteiger partial charge in [0.2, 0.25) is 5.91 Å². The summed E-state index contributed by atoms with van der Waals surface area (Å²) in [6, 6.07) is 12.9. The maximum absolute atomic E-state index is 12.8. The summed E-state index contributed by atoms with van der Waals surface area (Å²) in [5, 5.41) is 1.15. The summed E-state index contributed by atoms with van der Waals surface area (Å²) in [7, 11) is 1.64. The number of rotatable bonds is 5. The number of nitrogens with zero attached hydrogens (tertiary/aromatic N) is 4. The Balaban J connectivity index is 1.20. The van der Waals surface area contributed by atoms with Crippen LogP contribution in [0.2, 0.25) is 0 Å². The van der Waals surface area contributed by atoms with Gasteiger partial charge in [0, 0.05) is 25.9 Å². The van der Waals surface area contributed by atoms with Crippen LogP contribution >= 0.6 is 11.3 Å². The number of carbonyl (C=O) groups excluding carboxylic acids is 1. The van der Waals surface area contributed by atoms with Gasteiger partial charge in [-0.2, -0.15) is 0 Å². The molecule has 0 N–H and O–H groups in total. The Hall–Kier alpha value is -3.46. The molecule has 8 nitrogen and oxygen atoms in total. The maximum atomic E-state index is 12.8. The second-order valence-corrected chi connectivity index (χ2v) is 8.70. The highest BCUT2D eigenvalue weighted by molar-refractivity contribution is 7.20. The molecule has 4 aromatic rings. The van der Waals surface area contributed by atoms with Crippen LogP contribution in [0.4, 0.5) is 0 Å². The summed E-state index contributed by atoms with van der Waals surface area (Å²) in [4.78, 5) is 36.0. The smallest absolute Gasteiger partial charge is 0.274 e. The fourth-order valence-electron chi connectivity index (χ4n) is 3.89. The molecule has 1 amide bonds. The van der Waals surface area contributed by atoms with Gasteiger partial charge >= 0.3 is 0 Å². The lowest BCUT2D eigenvalue weighted by molar-refractivity contribution is -0.133. The lowest BCUT2D eigenvalue weighted by Gasteiger charge is -2.31. The van der Waals surface area contributed by atoms with Crippen LogP contribution in [-0.4, -0.2) is 51.6 Å². The number of piperidine rings is 1.